The lowest BCUT2D eigenvalue weighted by molar-refractivity contribution is -0.121. The molecule has 3 saturated heterocycles. The van der Waals surface area contributed by atoms with Crippen molar-refractivity contribution < 1.29 is 31.7 Å². The van der Waals surface area contributed by atoms with Gasteiger partial charge in [0, 0.05) is 19.6 Å². The van der Waals surface area contributed by atoms with Crippen molar-refractivity contribution in [1.82, 2.24) is 20.8 Å². The lowest BCUT2D eigenvalue weighted by Crippen LogP contribution is -2.35. The lowest BCUT2D eigenvalue weighted by Gasteiger charge is -2.21. The summed E-state index contributed by atoms with van der Waals surface area (Å²) in [5, 5.41) is 4.00. The van der Waals surface area contributed by atoms with Crippen LogP contribution in [0, 0.1) is 5.92 Å². The second-order valence-corrected chi connectivity index (χ2v) is 7.12. The summed E-state index contributed by atoms with van der Waals surface area (Å²) in [7, 11) is -4.60. The highest BCUT2D eigenvalue weighted by atomic mass is 32.3. The Morgan fingerprint density at radius 2 is 2.16 bits per heavy atom. The number of nitrogens with zero attached hydrogens (tertiary/aromatic N) is 2. The predicted molar refractivity (Wildman–Crippen MR) is 85.2 cm³/mol. The molecule has 3 rings (SSSR count). The van der Waals surface area contributed by atoms with Crippen LogP contribution in [0.25, 0.3) is 0 Å². The number of hydrogen-bond donors (Lipinski definition) is 3. The molecule has 0 spiro atoms. The Morgan fingerprint density at radius 1 is 1.36 bits per heavy atom. The number of hydroxylamine groups is 3. The predicted octanol–water partition coefficient (Wildman–Crippen LogP) is -0.716. The summed E-state index contributed by atoms with van der Waals surface area (Å²) in [5.41, 5.74) is 2.19. The fraction of sp³-hybridized carbons (Fsp3) is 0.846. The van der Waals surface area contributed by atoms with Crippen LogP contribution in [0.3, 0.4) is 0 Å². The maximum Gasteiger partial charge on any atom is 0.418 e. The van der Waals surface area contributed by atoms with Crippen LogP contribution in [0.4, 0.5) is 4.79 Å². The van der Waals surface area contributed by atoms with E-state index in [4.69, 9.17) is 9.39 Å². The van der Waals surface area contributed by atoms with Crippen LogP contribution in [0.1, 0.15) is 25.7 Å². The van der Waals surface area contributed by atoms with E-state index in [0.29, 0.717) is 38.4 Å². The molecule has 0 radical (unpaired) electrons. The van der Waals surface area contributed by atoms with Crippen molar-refractivity contribution in [3.05, 3.63) is 0 Å². The molecule has 3 heterocycles. The van der Waals surface area contributed by atoms with E-state index in [1.54, 1.807) is 0 Å². The zero-order chi connectivity index (χ0) is 18.3. The van der Waals surface area contributed by atoms with Gasteiger partial charge >= 0.3 is 16.4 Å². The number of carbonyl (C=O) groups excluding carboxylic acids is 2. The smallest absolute Gasteiger partial charge is 0.321 e. The van der Waals surface area contributed by atoms with Crippen molar-refractivity contribution in [1.29, 1.82) is 0 Å². The van der Waals surface area contributed by atoms with Gasteiger partial charge in [-0.2, -0.15) is 13.5 Å². The van der Waals surface area contributed by atoms with Crippen LogP contribution in [0.2, 0.25) is 0 Å². The molecule has 0 saturated carbocycles. The average molecular weight is 380 g/mol. The first-order valence-electron chi connectivity index (χ1n) is 8.17. The minimum atomic E-state index is -4.60. The third-order valence-corrected chi connectivity index (χ3v) is 4.56. The zero-order valence-corrected chi connectivity index (χ0v) is 14.6. The van der Waals surface area contributed by atoms with Crippen molar-refractivity contribution in [3.8, 4) is 0 Å². The zero-order valence-electron chi connectivity index (χ0n) is 13.8. The number of rotatable bonds is 6. The fourth-order valence-electron chi connectivity index (χ4n) is 3.08. The van der Waals surface area contributed by atoms with Crippen LogP contribution in [0.5, 0.6) is 0 Å². The SMILES string of the molecule is O=C1N2CCCC(C2)N1OS(=O)(=O)O.O=CNOCC1CCCNC1. The molecular weight excluding hydrogens is 356 g/mol. The standard InChI is InChI=1S/C7H14N2O2.C6H10N2O5S/c10-6-9-11-5-7-2-1-3-8-4-7;9-6-7-3-1-2-5(4-7)8(6)13-14(10,11)12/h6-8H,1-5H2,(H,9,10);5H,1-4H2,(H,10,11,12). The number of fused-ring (bicyclic) bond motifs is 2. The molecule has 0 aromatic carbocycles. The first-order valence-corrected chi connectivity index (χ1v) is 9.54. The van der Waals surface area contributed by atoms with Gasteiger partial charge in [-0.3, -0.25) is 14.2 Å². The van der Waals surface area contributed by atoms with E-state index in [0.717, 1.165) is 24.6 Å². The van der Waals surface area contributed by atoms with Crippen molar-refractivity contribution >= 4 is 22.8 Å². The van der Waals surface area contributed by atoms with Crippen molar-refractivity contribution in [2.75, 3.05) is 32.8 Å². The Kier molecular flexibility index (Phi) is 7.38. The Bertz CT molecular complexity index is 553. The van der Waals surface area contributed by atoms with Crippen LogP contribution in [-0.2, 0) is 24.3 Å². The van der Waals surface area contributed by atoms with Crippen molar-refractivity contribution in [2.45, 2.75) is 31.7 Å². The Balaban J connectivity index is 0.000000186. The van der Waals surface area contributed by atoms with E-state index in [1.807, 2.05) is 0 Å². The second-order valence-electron chi connectivity index (χ2n) is 6.11. The fourth-order valence-corrected chi connectivity index (χ4v) is 3.46. The quantitative estimate of drug-likeness (QED) is 0.238. The number of carbonyl (C=O) groups is 2. The number of piperidine rings is 2. The molecule has 144 valence electrons. The van der Waals surface area contributed by atoms with E-state index >= 15 is 0 Å². The Morgan fingerprint density at radius 3 is 2.76 bits per heavy atom. The van der Waals surface area contributed by atoms with Gasteiger partial charge < -0.3 is 10.2 Å². The molecule has 12 heteroatoms. The summed E-state index contributed by atoms with van der Waals surface area (Å²) >= 11 is 0. The maximum atomic E-state index is 11.4. The first kappa shape index (κ1) is 19.8. The monoisotopic (exact) mass is 380 g/mol. The summed E-state index contributed by atoms with van der Waals surface area (Å²) in [4.78, 5) is 27.6. The molecule has 0 aliphatic carbocycles. The molecule has 3 amide bonds. The van der Waals surface area contributed by atoms with Crippen LogP contribution in [-0.4, -0.2) is 74.2 Å². The van der Waals surface area contributed by atoms with Gasteiger partial charge in [-0.1, -0.05) is 0 Å². The van der Waals surface area contributed by atoms with E-state index in [2.05, 4.69) is 15.1 Å². The number of urea groups is 1. The Hall–Kier alpha value is -1.47. The van der Waals surface area contributed by atoms with E-state index in [1.165, 1.54) is 17.7 Å². The molecule has 3 N–H and O–H groups in total. The van der Waals surface area contributed by atoms with Crippen molar-refractivity contribution in [3.63, 3.8) is 0 Å². The summed E-state index contributed by atoms with van der Waals surface area (Å²) in [6, 6.07) is -0.761. The molecule has 2 bridgehead atoms. The van der Waals surface area contributed by atoms with Crippen LogP contribution >= 0.6 is 0 Å². The summed E-state index contributed by atoms with van der Waals surface area (Å²) in [6.07, 6.45) is 4.46. The van der Waals surface area contributed by atoms with E-state index < -0.39 is 16.4 Å². The Labute approximate surface area is 146 Å². The van der Waals surface area contributed by atoms with Gasteiger partial charge in [-0.05, 0) is 38.1 Å². The molecule has 11 nitrogen and oxygen atoms in total. The second kappa shape index (κ2) is 9.29. The number of hydrogen-bond acceptors (Lipinski definition) is 7. The number of amides is 3. The average Bonchev–Trinajstić information content (AvgIpc) is 2.79. The molecular formula is C13H24N4O7S. The topological polar surface area (TPSA) is 138 Å². The minimum absolute atomic E-state index is 0.266. The largest absolute Gasteiger partial charge is 0.418 e. The minimum Gasteiger partial charge on any atom is -0.321 e. The molecule has 3 fully saturated rings. The molecule has 3 aliphatic rings. The molecule has 0 aromatic heterocycles. The first-order chi connectivity index (χ1) is 11.9. The third-order valence-electron chi connectivity index (χ3n) is 4.21. The highest BCUT2D eigenvalue weighted by molar-refractivity contribution is 7.80. The van der Waals surface area contributed by atoms with Gasteiger partial charge in [0.1, 0.15) is 0 Å². The van der Waals surface area contributed by atoms with Gasteiger partial charge in [0.15, 0.2) is 0 Å². The van der Waals surface area contributed by atoms with Gasteiger partial charge in [0.25, 0.3) is 0 Å². The normalized spacial score (nSPS) is 26.0. The van der Waals surface area contributed by atoms with Gasteiger partial charge in [0.2, 0.25) is 6.41 Å². The summed E-state index contributed by atoms with van der Waals surface area (Å²) < 4.78 is 33.5. The molecule has 25 heavy (non-hydrogen) atoms. The molecule has 2 atom stereocenters. The maximum absolute atomic E-state index is 11.4. The third kappa shape index (κ3) is 6.40. The number of nitrogens with one attached hydrogen (secondary N) is 2. The summed E-state index contributed by atoms with van der Waals surface area (Å²) in [6.45, 7) is 3.80. The summed E-state index contributed by atoms with van der Waals surface area (Å²) in [5.74, 6) is 0.552. The molecule has 2 unspecified atom stereocenters. The van der Waals surface area contributed by atoms with Gasteiger partial charge in [0.05, 0.1) is 12.6 Å². The highest BCUT2D eigenvalue weighted by Gasteiger charge is 2.42. The van der Waals surface area contributed by atoms with E-state index in [-0.39, 0.29) is 6.04 Å². The van der Waals surface area contributed by atoms with Gasteiger partial charge in [-0.25, -0.2) is 10.3 Å². The van der Waals surface area contributed by atoms with Crippen LogP contribution in [0.15, 0.2) is 0 Å². The highest BCUT2D eigenvalue weighted by Crippen LogP contribution is 2.26. The van der Waals surface area contributed by atoms with E-state index in [9.17, 15) is 18.0 Å². The van der Waals surface area contributed by atoms with Gasteiger partial charge in [-0.15, -0.1) is 4.28 Å². The van der Waals surface area contributed by atoms with Crippen LogP contribution < -0.4 is 10.8 Å². The van der Waals surface area contributed by atoms with Crippen molar-refractivity contribution in [2.24, 2.45) is 5.92 Å². The lowest BCUT2D eigenvalue weighted by atomic mass is 10.0. The molecule has 0 aromatic rings. The molecule has 3 aliphatic heterocycles.